The highest BCUT2D eigenvalue weighted by atomic mass is 31.1. The first-order valence-corrected chi connectivity index (χ1v) is 5.22. The summed E-state index contributed by atoms with van der Waals surface area (Å²) in [6.07, 6.45) is 2.87. The molecule has 54 valence electrons. The minimum atomic E-state index is -0.870. The van der Waals surface area contributed by atoms with Gasteiger partial charge in [0.25, 0.3) is 0 Å². The topological polar surface area (TPSA) is 17.1 Å². The summed E-state index contributed by atoms with van der Waals surface area (Å²) in [5.74, 6) is 0.597. The van der Waals surface area contributed by atoms with E-state index < -0.39 is 7.80 Å². The lowest BCUT2D eigenvalue weighted by Crippen LogP contribution is -1.91. The summed E-state index contributed by atoms with van der Waals surface area (Å²) in [6, 6.07) is 0. The summed E-state index contributed by atoms with van der Waals surface area (Å²) < 4.78 is 11.0. The van der Waals surface area contributed by atoms with Gasteiger partial charge in [0.2, 0.25) is 0 Å². The SMILES string of the molecule is CCC[P+](=O)CC(C)C. The highest BCUT2D eigenvalue weighted by Gasteiger charge is 2.14. The summed E-state index contributed by atoms with van der Waals surface area (Å²) >= 11 is 0. The van der Waals surface area contributed by atoms with Gasteiger partial charge in [0, 0.05) is 0 Å². The zero-order valence-electron chi connectivity index (χ0n) is 6.55. The van der Waals surface area contributed by atoms with Crippen LogP contribution in [0, 0.1) is 5.92 Å². The minimum Gasteiger partial charge on any atom is -0.0748 e. The fraction of sp³-hybridized carbons (Fsp3) is 1.00. The Morgan fingerprint density at radius 1 is 1.44 bits per heavy atom. The fourth-order valence-electron chi connectivity index (χ4n) is 0.748. The lowest BCUT2D eigenvalue weighted by Gasteiger charge is -1.90. The van der Waals surface area contributed by atoms with Crippen LogP contribution in [-0.2, 0) is 4.57 Å². The van der Waals surface area contributed by atoms with Crippen LogP contribution in [0.3, 0.4) is 0 Å². The maximum atomic E-state index is 11.0. The Labute approximate surface area is 58.6 Å². The number of rotatable bonds is 4. The molecule has 0 aliphatic carbocycles. The van der Waals surface area contributed by atoms with Gasteiger partial charge < -0.3 is 0 Å². The van der Waals surface area contributed by atoms with Crippen LogP contribution >= 0.6 is 7.80 Å². The third-order valence-electron chi connectivity index (χ3n) is 1.04. The third-order valence-corrected chi connectivity index (χ3v) is 3.13. The molecule has 0 saturated heterocycles. The van der Waals surface area contributed by atoms with Crippen LogP contribution < -0.4 is 0 Å². The highest BCUT2D eigenvalue weighted by Crippen LogP contribution is 2.24. The molecule has 0 heterocycles. The van der Waals surface area contributed by atoms with E-state index in [-0.39, 0.29) is 0 Å². The van der Waals surface area contributed by atoms with Gasteiger partial charge in [0.05, 0.1) is 0 Å². The third kappa shape index (κ3) is 5.98. The lowest BCUT2D eigenvalue weighted by molar-refractivity contribution is 0.578. The molecule has 0 aromatic carbocycles. The van der Waals surface area contributed by atoms with Crippen LogP contribution in [0.1, 0.15) is 27.2 Å². The zero-order chi connectivity index (χ0) is 7.28. The molecular formula is C7H16OP+. The van der Waals surface area contributed by atoms with Crippen molar-refractivity contribution in [2.45, 2.75) is 27.2 Å². The normalized spacial score (nSPS) is 12.2. The Kier molecular flexibility index (Phi) is 4.99. The summed E-state index contributed by atoms with van der Waals surface area (Å²) in [4.78, 5) is 0. The minimum absolute atomic E-state index is 0.597. The molecule has 0 rings (SSSR count). The molecule has 0 aliphatic heterocycles. The standard InChI is InChI=1S/C7H16OP/c1-4-5-9(8)6-7(2)3/h7H,4-6H2,1-3H3/q+1. The molecule has 0 saturated carbocycles. The molecule has 0 aromatic heterocycles. The Morgan fingerprint density at radius 2 is 2.00 bits per heavy atom. The number of hydrogen-bond donors (Lipinski definition) is 0. The molecule has 0 N–H and O–H groups in total. The molecule has 0 bridgehead atoms. The van der Waals surface area contributed by atoms with E-state index in [1.165, 1.54) is 0 Å². The molecule has 0 radical (unpaired) electrons. The molecule has 1 nitrogen and oxygen atoms in total. The summed E-state index contributed by atoms with van der Waals surface area (Å²) in [5, 5.41) is 0. The van der Waals surface area contributed by atoms with Gasteiger partial charge in [-0.3, -0.25) is 0 Å². The monoisotopic (exact) mass is 147 g/mol. The highest BCUT2D eigenvalue weighted by molar-refractivity contribution is 7.44. The van der Waals surface area contributed by atoms with E-state index in [0.29, 0.717) is 5.92 Å². The van der Waals surface area contributed by atoms with Gasteiger partial charge in [-0.05, 0) is 12.3 Å². The first-order valence-electron chi connectivity index (χ1n) is 3.59. The van der Waals surface area contributed by atoms with Crippen LogP contribution in [0.15, 0.2) is 0 Å². The second-order valence-corrected chi connectivity index (χ2v) is 4.56. The predicted molar refractivity (Wildman–Crippen MR) is 42.5 cm³/mol. The Bertz CT molecular complexity index is 88.9. The second kappa shape index (κ2) is 4.93. The smallest absolute Gasteiger partial charge is 0.0748 e. The average molecular weight is 147 g/mol. The zero-order valence-corrected chi connectivity index (χ0v) is 7.45. The van der Waals surface area contributed by atoms with Gasteiger partial charge in [0.15, 0.2) is 0 Å². The molecule has 0 spiro atoms. The van der Waals surface area contributed by atoms with Crippen LogP contribution in [0.5, 0.6) is 0 Å². The maximum Gasteiger partial charge on any atom is 0.338 e. The van der Waals surface area contributed by atoms with E-state index in [1.54, 1.807) is 0 Å². The van der Waals surface area contributed by atoms with Crippen LogP contribution in [0.4, 0.5) is 0 Å². The largest absolute Gasteiger partial charge is 0.338 e. The molecule has 1 atom stereocenters. The second-order valence-electron chi connectivity index (χ2n) is 2.78. The van der Waals surface area contributed by atoms with Crippen LogP contribution in [0.25, 0.3) is 0 Å². The first kappa shape index (κ1) is 9.10. The Hall–Kier alpha value is 0.100. The quantitative estimate of drug-likeness (QED) is 0.559. The molecule has 0 aliphatic rings. The summed E-state index contributed by atoms with van der Waals surface area (Å²) in [5.41, 5.74) is 0. The van der Waals surface area contributed by atoms with Crippen molar-refractivity contribution in [1.29, 1.82) is 0 Å². The maximum absolute atomic E-state index is 11.0. The average Bonchev–Trinajstić information content (AvgIpc) is 1.63. The van der Waals surface area contributed by atoms with Crippen molar-refractivity contribution >= 4 is 7.80 Å². The molecule has 2 heteroatoms. The van der Waals surface area contributed by atoms with Crippen molar-refractivity contribution < 1.29 is 4.57 Å². The molecule has 0 fully saturated rings. The van der Waals surface area contributed by atoms with Gasteiger partial charge in [-0.15, -0.1) is 0 Å². The van der Waals surface area contributed by atoms with Crippen molar-refractivity contribution in [3.05, 3.63) is 0 Å². The Morgan fingerprint density at radius 3 is 2.33 bits per heavy atom. The molecule has 9 heavy (non-hydrogen) atoms. The van der Waals surface area contributed by atoms with Gasteiger partial charge >= 0.3 is 7.80 Å². The van der Waals surface area contributed by atoms with Crippen molar-refractivity contribution in [2.24, 2.45) is 5.92 Å². The van der Waals surface area contributed by atoms with Gasteiger partial charge in [-0.2, -0.15) is 0 Å². The number of hydrogen-bond acceptors (Lipinski definition) is 1. The fourth-order valence-corrected chi connectivity index (χ4v) is 2.24. The van der Waals surface area contributed by atoms with E-state index >= 15 is 0 Å². The van der Waals surface area contributed by atoms with Crippen LogP contribution in [0.2, 0.25) is 0 Å². The predicted octanol–water partition coefficient (Wildman–Crippen LogP) is 2.88. The van der Waals surface area contributed by atoms with E-state index in [4.69, 9.17) is 0 Å². The van der Waals surface area contributed by atoms with Gasteiger partial charge in [-0.1, -0.05) is 25.3 Å². The molecule has 0 amide bonds. The lowest BCUT2D eigenvalue weighted by atomic mass is 10.3. The first-order chi connectivity index (χ1) is 4.16. The van der Waals surface area contributed by atoms with Crippen molar-refractivity contribution in [2.75, 3.05) is 12.3 Å². The van der Waals surface area contributed by atoms with E-state index in [1.807, 2.05) is 0 Å². The van der Waals surface area contributed by atoms with Gasteiger partial charge in [-0.25, -0.2) is 0 Å². The summed E-state index contributed by atoms with van der Waals surface area (Å²) in [6.45, 7) is 6.30. The molecule has 0 aromatic rings. The summed E-state index contributed by atoms with van der Waals surface area (Å²) in [7, 11) is -0.870. The van der Waals surface area contributed by atoms with Crippen LogP contribution in [-0.4, -0.2) is 12.3 Å². The van der Waals surface area contributed by atoms with E-state index in [2.05, 4.69) is 20.8 Å². The van der Waals surface area contributed by atoms with Crippen molar-refractivity contribution in [3.63, 3.8) is 0 Å². The Balaban J connectivity index is 3.27. The van der Waals surface area contributed by atoms with E-state index in [0.717, 1.165) is 18.7 Å². The van der Waals surface area contributed by atoms with Crippen molar-refractivity contribution in [3.8, 4) is 0 Å². The van der Waals surface area contributed by atoms with Crippen molar-refractivity contribution in [1.82, 2.24) is 0 Å². The molecular weight excluding hydrogens is 131 g/mol. The van der Waals surface area contributed by atoms with Gasteiger partial charge in [0.1, 0.15) is 12.3 Å². The molecule has 1 unspecified atom stereocenters. The van der Waals surface area contributed by atoms with E-state index in [9.17, 15) is 4.57 Å².